The van der Waals surface area contributed by atoms with E-state index in [4.69, 9.17) is 5.73 Å². The molecule has 98 valence electrons. The van der Waals surface area contributed by atoms with Crippen LogP contribution < -0.4 is 11.1 Å². The van der Waals surface area contributed by atoms with Crippen LogP contribution in [0.2, 0.25) is 0 Å². The molecule has 19 heavy (non-hydrogen) atoms. The Morgan fingerprint density at radius 1 is 0.947 bits per heavy atom. The standard InChI is InChI=1S/C15H18N4/c16-11-6-8-12(9-7-11)19-15-13-4-2-1-3-5-14(13)17-10-18-15/h6-10H,1-5,16H2,(H,17,18,19). The first kappa shape index (κ1) is 12.0. The van der Waals surface area contributed by atoms with Gasteiger partial charge in [-0.3, -0.25) is 0 Å². The summed E-state index contributed by atoms with van der Waals surface area (Å²) in [6, 6.07) is 7.73. The Hall–Kier alpha value is -2.10. The summed E-state index contributed by atoms with van der Waals surface area (Å²) in [6.07, 6.45) is 7.51. The summed E-state index contributed by atoms with van der Waals surface area (Å²) in [5, 5.41) is 3.38. The van der Waals surface area contributed by atoms with Crippen molar-refractivity contribution in [3.63, 3.8) is 0 Å². The van der Waals surface area contributed by atoms with Crippen molar-refractivity contribution in [2.45, 2.75) is 32.1 Å². The van der Waals surface area contributed by atoms with Crippen LogP contribution in [0.5, 0.6) is 0 Å². The van der Waals surface area contributed by atoms with E-state index < -0.39 is 0 Å². The number of aromatic nitrogens is 2. The van der Waals surface area contributed by atoms with E-state index >= 15 is 0 Å². The normalized spacial score (nSPS) is 14.5. The number of hydrogen-bond donors (Lipinski definition) is 2. The van der Waals surface area contributed by atoms with Crippen molar-refractivity contribution >= 4 is 17.2 Å². The maximum Gasteiger partial charge on any atom is 0.137 e. The Morgan fingerprint density at radius 3 is 2.58 bits per heavy atom. The van der Waals surface area contributed by atoms with Gasteiger partial charge < -0.3 is 11.1 Å². The summed E-state index contributed by atoms with van der Waals surface area (Å²) in [5.41, 5.74) is 9.96. The lowest BCUT2D eigenvalue weighted by Gasteiger charge is -2.12. The van der Waals surface area contributed by atoms with Crippen LogP contribution in [-0.4, -0.2) is 9.97 Å². The van der Waals surface area contributed by atoms with Crippen molar-refractivity contribution in [3.05, 3.63) is 41.9 Å². The minimum absolute atomic E-state index is 0.770. The van der Waals surface area contributed by atoms with E-state index in [9.17, 15) is 0 Å². The number of nitrogen functional groups attached to an aromatic ring is 1. The van der Waals surface area contributed by atoms with Crippen molar-refractivity contribution in [2.75, 3.05) is 11.1 Å². The second-order valence-corrected chi connectivity index (χ2v) is 4.96. The van der Waals surface area contributed by atoms with Crippen LogP contribution in [0, 0.1) is 0 Å². The lowest BCUT2D eigenvalue weighted by molar-refractivity contribution is 0.709. The lowest BCUT2D eigenvalue weighted by Crippen LogP contribution is -2.04. The van der Waals surface area contributed by atoms with Crippen molar-refractivity contribution in [1.29, 1.82) is 0 Å². The molecule has 2 aromatic rings. The number of benzene rings is 1. The second kappa shape index (κ2) is 5.26. The van der Waals surface area contributed by atoms with E-state index in [1.807, 2.05) is 24.3 Å². The van der Waals surface area contributed by atoms with Gasteiger partial charge in [0.05, 0.1) is 0 Å². The van der Waals surface area contributed by atoms with Crippen LogP contribution >= 0.6 is 0 Å². The molecule has 4 nitrogen and oxygen atoms in total. The van der Waals surface area contributed by atoms with Gasteiger partial charge in [0.25, 0.3) is 0 Å². The third-order valence-electron chi connectivity index (χ3n) is 3.55. The van der Waals surface area contributed by atoms with Crippen LogP contribution in [0.3, 0.4) is 0 Å². The number of aryl methyl sites for hydroxylation is 1. The van der Waals surface area contributed by atoms with Gasteiger partial charge in [-0.2, -0.15) is 0 Å². The first-order chi connectivity index (χ1) is 9.33. The number of nitrogens with two attached hydrogens (primary N) is 1. The predicted molar refractivity (Wildman–Crippen MR) is 77.4 cm³/mol. The van der Waals surface area contributed by atoms with Gasteiger partial charge in [-0.15, -0.1) is 0 Å². The number of anilines is 3. The van der Waals surface area contributed by atoms with Gasteiger partial charge >= 0.3 is 0 Å². The quantitative estimate of drug-likeness (QED) is 0.638. The summed E-state index contributed by atoms with van der Waals surface area (Å²) < 4.78 is 0. The molecule has 0 fully saturated rings. The van der Waals surface area contributed by atoms with Gasteiger partial charge in [0.15, 0.2) is 0 Å². The van der Waals surface area contributed by atoms with Crippen LogP contribution in [0.25, 0.3) is 0 Å². The highest BCUT2D eigenvalue weighted by atomic mass is 15.0. The van der Waals surface area contributed by atoms with Gasteiger partial charge in [0.1, 0.15) is 12.1 Å². The van der Waals surface area contributed by atoms with Crippen molar-refractivity contribution in [1.82, 2.24) is 9.97 Å². The molecule has 0 atom stereocenters. The van der Waals surface area contributed by atoms with Crippen LogP contribution in [0.4, 0.5) is 17.2 Å². The van der Waals surface area contributed by atoms with Gasteiger partial charge in [0.2, 0.25) is 0 Å². The smallest absolute Gasteiger partial charge is 0.137 e. The first-order valence-electron chi connectivity index (χ1n) is 6.78. The fourth-order valence-corrected chi connectivity index (χ4v) is 2.51. The molecule has 0 aliphatic heterocycles. The molecule has 1 aromatic heterocycles. The molecule has 0 bridgehead atoms. The Labute approximate surface area is 113 Å². The van der Waals surface area contributed by atoms with E-state index in [0.29, 0.717) is 0 Å². The number of rotatable bonds is 2. The zero-order chi connectivity index (χ0) is 13.1. The third kappa shape index (κ3) is 2.67. The highest BCUT2D eigenvalue weighted by Gasteiger charge is 2.14. The fourth-order valence-electron chi connectivity index (χ4n) is 2.51. The minimum atomic E-state index is 0.770. The molecule has 3 N–H and O–H groups in total. The molecule has 0 amide bonds. The summed E-state index contributed by atoms with van der Waals surface area (Å²) in [5.74, 6) is 0.941. The van der Waals surface area contributed by atoms with E-state index in [1.54, 1.807) is 6.33 Å². The van der Waals surface area contributed by atoms with Crippen LogP contribution in [0.1, 0.15) is 30.5 Å². The number of hydrogen-bond acceptors (Lipinski definition) is 4. The van der Waals surface area contributed by atoms with Crippen LogP contribution in [0.15, 0.2) is 30.6 Å². The van der Waals surface area contributed by atoms with E-state index in [-0.39, 0.29) is 0 Å². The number of nitrogens with one attached hydrogen (secondary N) is 1. The first-order valence-corrected chi connectivity index (χ1v) is 6.78. The predicted octanol–water partition coefficient (Wildman–Crippen LogP) is 3.07. The average Bonchev–Trinajstić information content (AvgIpc) is 2.67. The molecule has 4 heteroatoms. The van der Waals surface area contributed by atoms with Crippen molar-refractivity contribution in [2.24, 2.45) is 0 Å². The number of nitrogens with zero attached hydrogens (tertiary/aromatic N) is 2. The maximum atomic E-state index is 5.70. The maximum absolute atomic E-state index is 5.70. The largest absolute Gasteiger partial charge is 0.399 e. The molecule has 1 heterocycles. The summed E-state index contributed by atoms with van der Waals surface area (Å²) in [4.78, 5) is 8.82. The summed E-state index contributed by atoms with van der Waals surface area (Å²) in [7, 11) is 0. The topological polar surface area (TPSA) is 63.8 Å². The second-order valence-electron chi connectivity index (χ2n) is 4.96. The lowest BCUT2D eigenvalue weighted by atomic mass is 10.1. The van der Waals surface area contributed by atoms with Crippen molar-refractivity contribution in [3.8, 4) is 0 Å². The summed E-state index contributed by atoms with van der Waals surface area (Å²) in [6.45, 7) is 0. The molecule has 0 saturated heterocycles. The molecule has 1 aromatic carbocycles. The Morgan fingerprint density at radius 2 is 1.74 bits per heavy atom. The molecule has 0 unspecified atom stereocenters. The average molecular weight is 254 g/mol. The van der Waals surface area contributed by atoms with Gasteiger partial charge in [-0.25, -0.2) is 9.97 Å². The van der Waals surface area contributed by atoms with Crippen molar-refractivity contribution < 1.29 is 0 Å². The minimum Gasteiger partial charge on any atom is -0.399 e. The molecule has 0 saturated carbocycles. The van der Waals surface area contributed by atoms with Gasteiger partial charge in [-0.05, 0) is 49.9 Å². The Balaban J connectivity index is 1.90. The molecular formula is C15H18N4. The molecule has 1 aliphatic rings. The molecule has 0 radical (unpaired) electrons. The molecule has 1 aliphatic carbocycles. The van der Waals surface area contributed by atoms with E-state index in [1.165, 1.54) is 30.5 Å². The fraction of sp³-hybridized carbons (Fsp3) is 0.333. The van der Waals surface area contributed by atoms with Crippen LogP contribution in [-0.2, 0) is 12.8 Å². The van der Waals surface area contributed by atoms with Gasteiger partial charge in [-0.1, -0.05) is 6.42 Å². The zero-order valence-corrected chi connectivity index (χ0v) is 10.9. The highest BCUT2D eigenvalue weighted by Crippen LogP contribution is 2.26. The SMILES string of the molecule is Nc1ccc(Nc2ncnc3c2CCCCC3)cc1. The monoisotopic (exact) mass is 254 g/mol. The molecular weight excluding hydrogens is 236 g/mol. The third-order valence-corrected chi connectivity index (χ3v) is 3.55. The Kier molecular flexibility index (Phi) is 3.31. The van der Waals surface area contributed by atoms with E-state index in [0.717, 1.165) is 30.0 Å². The highest BCUT2D eigenvalue weighted by molar-refractivity contribution is 5.62. The number of fused-ring (bicyclic) bond motifs is 1. The molecule has 0 spiro atoms. The zero-order valence-electron chi connectivity index (χ0n) is 10.9. The van der Waals surface area contributed by atoms with E-state index in [2.05, 4.69) is 15.3 Å². The summed E-state index contributed by atoms with van der Waals surface area (Å²) >= 11 is 0. The Bertz CT molecular complexity index is 563. The molecule has 3 rings (SSSR count). The van der Waals surface area contributed by atoms with Gasteiger partial charge in [0, 0.05) is 22.6 Å².